The Balaban J connectivity index is 1.25. The van der Waals surface area contributed by atoms with Crippen molar-refractivity contribution in [3.05, 3.63) is 113 Å². The maximum absolute atomic E-state index is 13.9. The predicted molar refractivity (Wildman–Crippen MR) is 166 cm³/mol. The zero-order valence-electron chi connectivity index (χ0n) is 24.5. The first kappa shape index (κ1) is 26.4. The minimum Gasteiger partial charge on any atom is -0.506 e. The number of likely N-dealkylation sites (N-methyl/N-ethyl adjacent to an activating group) is 1. The zero-order valence-corrected chi connectivity index (χ0v) is 24.5. The van der Waals surface area contributed by atoms with Crippen LogP contribution in [0.5, 0.6) is 5.75 Å². The van der Waals surface area contributed by atoms with E-state index < -0.39 is 0 Å². The van der Waals surface area contributed by atoms with Gasteiger partial charge in [0.25, 0.3) is 0 Å². The third-order valence-corrected chi connectivity index (χ3v) is 8.73. The molecule has 3 aliphatic rings. The number of aromatic nitrogens is 4. The van der Waals surface area contributed by atoms with Gasteiger partial charge in [0.1, 0.15) is 29.9 Å². The minimum atomic E-state index is -0.340. The number of nitrogens with zero attached hydrogens (tertiary/aromatic N) is 5. The fourth-order valence-corrected chi connectivity index (χ4v) is 6.23. The molecule has 1 N–H and O–H groups in total. The number of anilines is 1. The van der Waals surface area contributed by atoms with E-state index in [0.29, 0.717) is 29.0 Å². The number of Topliss-reactive ketones (excluding diaryl/α,β-unsaturated/α-hetero) is 1. The molecule has 1 fully saturated rings. The largest absolute Gasteiger partial charge is 0.506 e. The standard InChI is InChI=1S/C35H29N5O4/c1-35(2)25-11-7-8-12-26(25)39(3)27(35)17-24-31(41)29(32(24)42)28-30(20-9-5-4-6-10-20)38-40-33(36-37-34(28)40)21-13-15-22(16-14-21)43-18-23-19-44-23/h4-17,23,41H,18-19H2,1-3H3/b27-17+,29-28+. The summed E-state index contributed by atoms with van der Waals surface area (Å²) in [5.41, 5.74) is 5.86. The number of carbonyl (C=O) groups is 1. The van der Waals surface area contributed by atoms with Crippen LogP contribution >= 0.6 is 0 Å². The van der Waals surface area contributed by atoms with E-state index in [4.69, 9.17) is 14.6 Å². The molecule has 0 spiro atoms. The van der Waals surface area contributed by atoms with E-state index in [1.165, 1.54) is 5.56 Å². The average molecular weight is 584 g/mol. The fourth-order valence-electron chi connectivity index (χ4n) is 6.23. The number of para-hydroxylation sites is 1. The molecular formula is C35H29N5O4. The molecule has 0 amide bonds. The number of carbonyl (C=O) groups excluding carboxylic acids is 1. The van der Waals surface area contributed by atoms with Crippen LogP contribution in [0.1, 0.15) is 19.4 Å². The zero-order chi connectivity index (χ0) is 30.2. The van der Waals surface area contributed by atoms with Crippen LogP contribution in [0.25, 0.3) is 33.9 Å². The lowest BCUT2D eigenvalue weighted by atomic mass is 9.80. The Morgan fingerprint density at radius 1 is 1.00 bits per heavy atom. The van der Waals surface area contributed by atoms with Crippen molar-refractivity contribution in [2.75, 3.05) is 25.2 Å². The van der Waals surface area contributed by atoms with Crippen LogP contribution in [-0.4, -0.2) is 57.1 Å². The number of aliphatic hydroxyl groups is 1. The van der Waals surface area contributed by atoms with Crippen LogP contribution in [0.3, 0.4) is 0 Å². The lowest BCUT2D eigenvalue weighted by Gasteiger charge is -2.27. The minimum absolute atomic E-state index is 0.0690. The number of aliphatic hydroxyl groups excluding tert-OH is 1. The Morgan fingerprint density at radius 2 is 1.73 bits per heavy atom. The molecule has 9 nitrogen and oxygen atoms in total. The molecule has 1 unspecified atom stereocenters. The highest BCUT2D eigenvalue weighted by atomic mass is 16.6. The molecule has 9 heteroatoms. The summed E-state index contributed by atoms with van der Waals surface area (Å²) in [5, 5.41) is 25.7. The molecule has 5 aromatic rings. The van der Waals surface area contributed by atoms with Crippen molar-refractivity contribution in [1.29, 1.82) is 0 Å². The van der Waals surface area contributed by atoms with Gasteiger partial charge >= 0.3 is 0 Å². The maximum atomic E-state index is 13.9. The van der Waals surface area contributed by atoms with Gasteiger partial charge in [-0.05, 0) is 42.0 Å². The molecule has 2 aromatic heterocycles. The lowest BCUT2D eigenvalue weighted by Crippen LogP contribution is -2.30. The Bertz CT molecular complexity index is 2090. The van der Waals surface area contributed by atoms with Crippen molar-refractivity contribution in [3.8, 4) is 28.4 Å². The second-order valence-corrected chi connectivity index (χ2v) is 11.8. The van der Waals surface area contributed by atoms with Gasteiger partial charge in [0.2, 0.25) is 5.78 Å². The molecule has 44 heavy (non-hydrogen) atoms. The molecule has 0 radical (unpaired) electrons. The summed E-state index contributed by atoms with van der Waals surface area (Å²) in [4.78, 5) is 16.0. The van der Waals surface area contributed by atoms with Gasteiger partial charge in [-0.2, -0.15) is 9.61 Å². The molecule has 4 heterocycles. The van der Waals surface area contributed by atoms with Crippen molar-refractivity contribution in [3.63, 3.8) is 0 Å². The van der Waals surface area contributed by atoms with Gasteiger partial charge in [-0.3, -0.25) is 4.79 Å². The number of ketones is 1. The van der Waals surface area contributed by atoms with Crippen LogP contribution in [0, 0.1) is 0 Å². The maximum Gasteiger partial charge on any atom is 0.201 e. The highest BCUT2D eigenvalue weighted by Crippen LogP contribution is 2.48. The Morgan fingerprint density at radius 3 is 2.43 bits per heavy atom. The Kier molecular flexibility index (Phi) is 5.76. The number of rotatable bonds is 6. The van der Waals surface area contributed by atoms with Crippen LogP contribution < -0.4 is 14.9 Å². The van der Waals surface area contributed by atoms with Crippen molar-refractivity contribution in [1.82, 2.24) is 19.8 Å². The summed E-state index contributed by atoms with van der Waals surface area (Å²) in [7, 11) is 1.99. The van der Waals surface area contributed by atoms with Gasteiger partial charge in [-0.1, -0.05) is 62.4 Å². The van der Waals surface area contributed by atoms with Gasteiger partial charge in [0.15, 0.2) is 11.5 Å². The monoisotopic (exact) mass is 583 g/mol. The van der Waals surface area contributed by atoms with E-state index in [1.807, 2.05) is 79.9 Å². The first-order chi connectivity index (χ1) is 21.3. The number of epoxide rings is 1. The molecule has 1 aliphatic carbocycles. The molecule has 3 aromatic carbocycles. The van der Waals surface area contributed by atoms with Crippen LogP contribution in [0.4, 0.5) is 5.69 Å². The smallest absolute Gasteiger partial charge is 0.201 e. The number of benzene rings is 3. The van der Waals surface area contributed by atoms with Crippen molar-refractivity contribution < 1.29 is 19.4 Å². The normalized spacial score (nSPS) is 20.8. The number of ether oxygens (including phenoxy) is 2. The third-order valence-electron chi connectivity index (χ3n) is 8.73. The van der Waals surface area contributed by atoms with Crippen molar-refractivity contribution in [2.24, 2.45) is 0 Å². The molecule has 8 rings (SSSR count). The fraction of sp³-hybridized carbons (Fsp3) is 0.200. The van der Waals surface area contributed by atoms with E-state index in [9.17, 15) is 9.90 Å². The topological polar surface area (TPSA) is 105 Å². The first-order valence-corrected chi connectivity index (χ1v) is 14.6. The first-order valence-electron chi connectivity index (χ1n) is 14.6. The molecule has 2 aliphatic heterocycles. The molecular weight excluding hydrogens is 554 g/mol. The van der Waals surface area contributed by atoms with Crippen LogP contribution in [0.15, 0.2) is 102 Å². The Labute approximate surface area is 253 Å². The van der Waals surface area contributed by atoms with E-state index >= 15 is 0 Å². The molecule has 0 bridgehead atoms. The summed E-state index contributed by atoms with van der Waals surface area (Å²) < 4.78 is 12.6. The summed E-state index contributed by atoms with van der Waals surface area (Å²) >= 11 is 0. The number of fused-ring (bicyclic) bond motifs is 2. The van der Waals surface area contributed by atoms with Crippen LogP contribution in [-0.2, 0) is 14.9 Å². The summed E-state index contributed by atoms with van der Waals surface area (Å²) in [6.07, 6.45) is 1.98. The van der Waals surface area contributed by atoms with E-state index in [0.717, 1.165) is 34.9 Å². The van der Waals surface area contributed by atoms with Gasteiger partial charge < -0.3 is 19.5 Å². The predicted octanol–water partition coefficient (Wildman–Crippen LogP) is 4.81. The number of allylic oxidation sites excluding steroid dienone is 4. The van der Waals surface area contributed by atoms with Gasteiger partial charge in [-0.25, -0.2) is 0 Å². The Hall–Kier alpha value is -5.28. The summed E-state index contributed by atoms with van der Waals surface area (Å²) in [6.45, 7) is 5.51. The van der Waals surface area contributed by atoms with E-state index in [-0.39, 0.29) is 34.2 Å². The SMILES string of the molecule is CN1/C(=C/C2=C(O)C(=c3/c(-c4ccccc4)nn4c(-c5ccc(OCC6CO6)cc5)nnc34)/C2=O)C(C)(C)c2ccccc21. The molecule has 1 atom stereocenters. The summed E-state index contributed by atoms with van der Waals surface area (Å²) in [6, 6.07) is 25.3. The number of hydrogen-bond donors (Lipinski definition) is 1. The molecule has 0 saturated carbocycles. The van der Waals surface area contributed by atoms with Crippen LogP contribution in [0.2, 0.25) is 0 Å². The molecule has 1 saturated heterocycles. The van der Waals surface area contributed by atoms with Crippen molar-refractivity contribution in [2.45, 2.75) is 25.4 Å². The van der Waals surface area contributed by atoms with Crippen molar-refractivity contribution >= 4 is 22.7 Å². The third kappa shape index (κ3) is 3.96. The lowest BCUT2D eigenvalue weighted by molar-refractivity contribution is -0.111. The second kappa shape index (κ2) is 9.62. The number of hydrogen-bond acceptors (Lipinski definition) is 8. The quantitative estimate of drug-likeness (QED) is 0.284. The van der Waals surface area contributed by atoms with Gasteiger partial charge in [0.05, 0.1) is 23.0 Å². The van der Waals surface area contributed by atoms with E-state index in [2.05, 4.69) is 41.1 Å². The highest BCUT2D eigenvalue weighted by Gasteiger charge is 2.42. The average Bonchev–Trinajstić information content (AvgIpc) is 3.63. The highest BCUT2D eigenvalue weighted by molar-refractivity contribution is 6.38. The van der Waals surface area contributed by atoms with E-state index in [1.54, 1.807) is 4.52 Å². The molecule has 218 valence electrons. The second-order valence-electron chi connectivity index (χ2n) is 11.8. The van der Waals surface area contributed by atoms with Gasteiger partial charge in [-0.15, -0.1) is 10.2 Å². The van der Waals surface area contributed by atoms with Gasteiger partial charge in [0, 0.05) is 35.0 Å². The summed E-state index contributed by atoms with van der Waals surface area (Å²) in [5.74, 6) is 0.928.